The summed E-state index contributed by atoms with van der Waals surface area (Å²) in [5, 5.41) is -1.13. The fraction of sp³-hybridized carbons (Fsp3) is 0.286. The van der Waals surface area contributed by atoms with Crippen molar-refractivity contribution in [3.63, 3.8) is 0 Å². The molecule has 2 rings (SSSR count). The lowest BCUT2D eigenvalue weighted by molar-refractivity contribution is 0.487. The summed E-state index contributed by atoms with van der Waals surface area (Å²) in [4.78, 5) is 0.120. The fourth-order valence-corrected chi connectivity index (χ4v) is 4.12. The van der Waals surface area contributed by atoms with Crippen molar-refractivity contribution in [1.82, 2.24) is 4.72 Å². The molecule has 0 aliphatic rings. The standard InChI is InChI=1S/C14H17NO5S2/c1-11-5-7-12(8-6-11)22(18,19)14(10-15-21(2,16)17)13-4-3-9-20-13/h3-9,14-15H,10H2,1-2H3/t14-/m1/s1. The van der Waals surface area contributed by atoms with Gasteiger partial charge in [-0.2, -0.15) is 0 Å². The van der Waals surface area contributed by atoms with Crippen LogP contribution < -0.4 is 4.72 Å². The first-order chi connectivity index (χ1) is 10.2. The minimum absolute atomic E-state index is 0.120. The average molecular weight is 343 g/mol. The lowest BCUT2D eigenvalue weighted by atomic mass is 10.2. The van der Waals surface area contributed by atoms with Gasteiger partial charge in [0.1, 0.15) is 11.0 Å². The van der Waals surface area contributed by atoms with E-state index in [2.05, 4.69) is 4.72 Å². The van der Waals surface area contributed by atoms with Crippen LogP contribution in [0.4, 0.5) is 0 Å². The molecule has 1 aromatic heterocycles. The summed E-state index contributed by atoms with van der Waals surface area (Å²) in [7, 11) is -7.30. The highest BCUT2D eigenvalue weighted by Crippen LogP contribution is 2.29. The molecule has 1 aromatic carbocycles. The highest BCUT2D eigenvalue weighted by Gasteiger charge is 2.32. The Bertz CT molecular complexity index is 822. The van der Waals surface area contributed by atoms with Crippen LogP contribution in [0.1, 0.15) is 16.6 Å². The molecule has 22 heavy (non-hydrogen) atoms. The second-order valence-corrected chi connectivity index (χ2v) is 8.95. The van der Waals surface area contributed by atoms with E-state index in [0.29, 0.717) is 0 Å². The number of hydrogen-bond donors (Lipinski definition) is 1. The van der Waals surface area contributed by atoms with Gasteiger partial charge in [-0.25, -0.2) is 21.6 Å². The highest BCUT2D eigenvalue weighted by molar-refractivity contribution is 7.92. The molecular formula is C14H17NO5S2. The zero-order valence-corrected chi connectivity index (χ0v) is 13.8. The van der Waals surface area contributed by atoms with Gasteiger partial charge in [0.25, 0.3) is 0 Å². The maximum atomic E-state index is 12.8. The normalized spacial score (nSPS) is 13.9. The molecule has 0 saturated carbocycles. The summed E-state index contributed by atoms with van der Waals surface area (Å²) < 4.78 is 55.5. The molecule has 120 valence electrons. The predicted octanol–water partition coefficient (Wildman–Crippen LogP) is 1.65. The Labute approximate surface area is 130 Å². The molecule has 1 atom stereocenters. The van der Waals surface area contributed by atoms with Gasteiger partial charge in [0.05, 0.1) is 17.4 Å². The van der Waals surface area contributed by atoms with E-state index in [4.69, 9.17) is 4.42 Å². The van der Waals surface area contributed by atoms with E-state index in [1.165, 1.54) is 24.5 Å². The number of rotatable bonds is 6. The molecule has 0 bridgehead atoms. The van der Waals surface area contributed by atoms with Crippen molar-refractivity contribution >= 4 is 19.9 Å². The van der Waals surface area contributed by atoms with Crippen LogP contribution in [-0.2, 0) is 19.9 Å². The van der Waals surface area contributed by atoms with E-state index in [9.17, 15) is 16.8 Å². The molecule has 0 spiro atoms. The molecule has 0 radical (unpaired) electrons. The third-order valence-corrected chi connectivity index (χ3v) is 5.88. The van der Waals surface area contributed by atoms with Crippen molar-refractivity contribution in [2.45, 2.75) is 17.1 Å². The number of sulfonamides is 1. The first-order valence-corrected chi connectivity index (χ1v) is 9.92. The lowest BCUT2D eigenvalue weighted by Crippen LogP contribution is -2.31. The van der Waals surface area contributed by atoms with Crippen LogP contribution in [0.3, 0.4) is 0 Å². The van der Waals surface area contributed by atoms with E-state index < -0.39 is 25.1 Å². The summed E-state index contributed by atoms with van der Waals surface area (Å²) in [6.45, 7) is 1.56. The Kier molecular flexibility index (Phi) is 4.74. The zero-order chi connectivity index (χ0) is 16.4. The Morgan fingerprint density at radius 2 is 1.73 bits per heavy atom. The van der Waals surface area contributed by atoms with Crippen molar-refractivity contribution in [2.24, 2.45) is 0 Å². The molecule has 1 N–H and O–H groups in total. The molecule has 2 aromatic rings. The second kappa shape index (κ2) is 6.23. The number of furan rings is 1. The summed E-state index contributed by atoms with van der Waals surface area (Å²) in [6, 6.07) is 9.46. The molecule has 0 fully saturated rings. The minimum atomic E-state index is -3.78. The first-order valence-electron chi connectivity index (χ1n) is 6.49. The van der Waals surface area contributed by atoms with Gasteiger partial charge in [-0.05, 0) is 31.2 Å². The minimum Gasteiger partial charge on any atom is -0.468 e. The molecule has 1 heterocycles. The van der Waals surface area contributed by atoms with E-state index in [1.807, 2.05) is 6.92 Å². The molecule has 0 aliphatic heterocycles. The van der Waals surface area contributed by atoms with Crippen molar-refractivity contribution in [1.29, 1.82) is 0 Å². The van der Waals surface area contributed by atoms with Gasteiger partial charge < -0.3 is 4.42 Å². The van der Waals surface area contributed by atoms with E-state index in [-0.39, 0.29) is 17.2 Å². The van der Waals surface area contributed by atoms with Crippen molar-refractivity contribution < 1.29 is 21.3 Å². The third-order valence-electron chi connectivity index (χ3n) is 3.12. The number of benzene rings is 1. The van der Waals surface area contributed by atoms with Crippen LogP contribution in [0.2, 0.25) is 0 Å². The SMILES string of the molecule is Cc1ccc(S(=O)(=O)[C@H](CNS(C)(=O)=O)c2ccco2)cc1. The maximum Gasteiger partial charge on any atom is 0.208 e. The van der Waals surface area contributed by atoms with Crippen molar-refractivity contribution in [2.75, 3.05) is 12.8 Å². The Morgan fingerprint density at radius 3 is 2.23 bits per heavy atom. The van der Waals surface area contributed by atoms with Crippen molar-refractivity contribution in [3.05, 3.63) is 54.0 Å². The molecule has 0 amide bonds. The van der Waals surface area contributed by atoms with E-state index in [1.54, 1.807) is 18.2 Å². The van der Waals surface area contributed by atoms with Crippen LogP contribution in [0, 0.1) is 6.92 Å². The van der Waals surface area contributed by atoms with Crippen molar-refractivity contribution in [3.8, 4) is 0 Å². The molecule has 0 aliphatic carbocycles. The highest BCUT2D eigenvalue weighted by atomic mass is 32.2. The zero-order valence-electron chi connectivity index (χ0n) is 12.2. The van der Waals surface area contributed by atoms with Crippen LogP contribution in [-0.4, -0.2) is 29.6 Å². The molecular weight excluding hydrogens is 326 g/mol. The number of hydrogen-bond acceptors (Lipinski definition) is 5. The first kappa shape index (κ1) is 16.7. The van der Waals surface area contributed by atoms with Gasteiger partial charge in [0, 0.05) is 6.54 Å². The van der Waals surface area contributed by atoms with E-state index in [0.717, 1.165) is 11.8 Å². The topological polar surface area (TPSA) is 93.5 Å². The number of nitrogens with one attached hydrogen (secondary N) is 1. The van der Waals surface area contributed by atoms with Gasteiger partial charge in [-0.15, -0.1) is 0 Å². The van der Waals surface area contributed by atoms with Crippen LogP contribution in [0.5, 0.6) is 0 Å². The molecule has 8 heteroatoms. The fourth-order valence-electron chi connectivity index (χ4n) is 1.96. The largest absolute Gasteiger partial charge is 0.468 e. The summed E-state index contributed by atoms with van der Waals surface area (Å²) in [6.07, 6.45) is 2.33. The summed E-state index contributed by atoms with van der Waals surface area (Å²) >= 11 is 0. The third kappa shape index (κ3) is 3.96. The van der Waals surface area contributed by atoms with Gasteiger partial charge in [-0.1, -0.05) is 17.7 Å². The lowest BCUT2D eigenvalue weighted by Gasteiger charge is -2.16. The van der Waals surface area contributed by atoms with E-state index >= 15 is 0 Å². The number of sulfone groups is 1. The number of aryl methyl sites for hydroxylation is 1. The summed E-state index contributed by atoms with van der Waals surface area (Å²) in [5.41, 5.74) is 0.933. The Hall–Kier alpha value is -1.64. The Balaban J connectivity index is 2.41. The smallest absolute Gasteiger partial charge is 0.208 e. The van der Waals surface area contributed by atoms with Gasteiger partial charge in [-0.3, -0.25) is 0 Å². The molecule has 0 unspecified atom stereocenters. The van der Waals surface area contributed by atoms with Crippen LogP contribution in [0.15, 0.2) is 52.0 Å². The van der Waals surface area contributed by atoms with Gasteiger partial charge >= 0.3 is 0 Å². The summed E-state index contributed by atoms with van der Waals surface area (Å²) in [5.74, 6) is 0.191. The maximum absolute atomic E-state index is 12.8. The van der Waals surface area contributed by atoms with Gasteiger partial charge in [0.2, 0.25) is 10.0 Å². The monoisotopic (exact) mass is 343 g/mol. The predicted molar refractivity (Wildman–Crippen MR) is 82.7 cm³/mol. The molecule has 0 saturated heterocycles. The second-order valence-electron chi connectivity index (χ2n) is 4.98. The average Bonchev–Trinajstić information content (AvgIpc) is 2.91. The Morgan fingerprint density at radius 1 is 1.09 bits per heavy atom. The van der Waals surface area contributed by atoms with Crippen LogP contribution >= 0.6 is 0 Å². The van der Waals surface area contributed by atoms with Gasteiger partial charge in [0.15, 0.2) is 9.84 Å². The molecule has 6 nitrogen and oxygen atoms in total. The quantitative estimate of drug-likeness (QED) is 0.861. The van der Waals surface area contributed by atoms with Crippen LogP contribution in [0.25, 0.3) is 0 Å².